The molecule has 0 bridgehead atoms. The molecule has 7 heteroatoms. The maximum Gasteiger partial charge on any atom is 0.258 e. The number of nitrogens with zero attached hydrogens (tertiary/aromatic N) is 4. The van der Waals surface area contributed by atoms with E-state index < -0.39 is 0 Å². The predicted molar refractivity (Wildman–Crippen MR) is 104 cm³/mol. The summed E-state index contributed by atoms with van der Waals surface area (Å²) in [5, 5.41) is 11.4. The van der Waals surface area contributed by atoms with E-state index in [1.54, 1.807) is 22.9 Å². The molecular formula is C20H14ClN5O. The van der Waals surface area contributed by atoms with Crippen LogP contribution < -0.4 is 5.32 Å². The molecule has 0 aliphatic heterocycles. The minimum absolute atomic E-state index is 0.152. The summed E-state index contributed by atoms with van der Waals surface area (Å²) in [6, 6.07) is 20.4. The number of carbonyl (C=O) groups excluding carboxylic acids is 1. The topological polar surface area (TPSA) is 72.7 Å². The van der Waals surface area contributed by atoms with Gasteiger partial charge in [-0.25, -0.2) is 9.67 Å². The lowest BCUT2D eigenvalue weighted by Gasteiger charge is -2.11. The fourth-order valence-electron chi connectivity index (χ4n) is 2.65. The molecule has 1 amide bonds. The third-order valence-electron chi connectivity index (χ3n) is 3.97. The average molecular weight is 376 g/mol. The molecule has 0 aliphatic carbocycles. The van der Waals surface area contributed by atoms with Crippen molar-refractivity contribution in [3.05, 3.63) is 89.8 Å². The van der Waals surface area contributed by atoms with E-state index in [2.05, 4.69) is 20.6 Å². The number of amides is 1. The molecule has 2 aromatic heterocycles. The molecule has 132 valence electrons. The van der Waals surface area contributed by atoms with Gasteiger partial charge >= 0.3 is 0 Å². The summed E-state index contributed by atoms with van der Waals surface area (Å²) in [5.41, 5.74) is 3.30. The zero-order chi connectivity index (χ0) is 18.6. The predicted octanol–water partition coefficient (Wildman–Crippen LogP) is 4.24. The Bertz CT molecular complexity index is 1090. The van der Waals surface area contributed by atoms with E-state index in [1.807, 2.05) is 54.7 Å². The first-order valence-corrected chi connectivity index (χ1v) is 8.59. The molecule has 1 N–H and O–H groups in total. The van der Waals surface area contributed by atoms with Crippen molar-refractivity contribution in [2.24, 2.45) is 0 Å². The van der Waals surface area contributed by atoms with Crippen LogP contribution in [0.1, 0.15) is 10.4 Å². The first-order valence-electron chi connectivity index (χ1n) is 8.21. The van der Waals surface area contributed by atoms with E-state index >= 15 is 0 Å². The summed E-state index contributed by atoms with van der Waals surface area (Å²) in [7, 11) is 0. The van der Waals surface area contributed by atoms with Crippen LogP contribution in [0.5, 0.6) is 0 Å². The molecule has 4 aromatic rings. The van der Waals surface area contributed by atoms with Crippen molar-refractivity contribution in [2.75, 3.05) is 5.32 Å². The van der Waals surface area contributed by atoms with Gasteiger partial charge in [0.05, 0.1) is 23.1 Å². The molecule has 0 unspecified atom stereocenters. The number of aromatic nitrogens is 4. The number of carbonyl (C=O) groups is 1. The highest BCUT2D eigenvalue weighted by molar-refractivity contribution is 6.33. The lowest BCUT2D eigenvalue weighted by atomic mass is 10.2. The van der Waals surface area contributed by atoms with Crippen molar-refractivity contribution in [1.29, 1.82) is 0 Å². The van der Waals surface area contributed by atoms with Crippen LogP contribution in [0.4, 0.5) is 5.69 Å². The molecule has 4 rings (SSSR count). The van der Waals surface area contributed by atoms with Crippen LogP contribution in [0.2, 0.25) is 5.15 Å². The second kappa shape index (κ2) is 7.39. The summed E-state index contributed by atoms with van der Waals surface area (Å²) >= 11 is 6.01. The Morgan fingerprint density at radius 1 is 0.963 bits per heavy atom. The maximum atomic E-state index is 12.6. The number of para-hydroxylation sites is 2. The fraction of sp³-hybridized carbons (Fsp3) is 0. The molecule has 0 fully saturated rings. The van der Waals surface area contributed by atoms with Gasteiger partial charge in [-0.3, -0.25) is 4.79 Å². The molecule has 0 spiro atoms. The quantitative estimate of drug-likeness (QED) is 0.541. The third kappa shape index (κ3) is 3.56. The van der Waals surface area contributed by atoms with E-state index in [-0.39, 0.29) is 11.1 Å². The smallest absolute Gasteiger partial charge is 0.258 e. The van der Waals surface area contributed by atoms with Crippen molar-refractivity contribution in [3.63, 3.8) is 0 Å². The Morgan fingerprint density at radius 2 is 1.74 bits per heavy atom. The van der Waals surface area contributed by atoms with Gasteiger partial charge in [-0.15, -0.1) is 5.10 Å². The Labute approximate surface area is 160 Å². The van der Waals surface area contributed by atoms with Crippen LogP contribution in [-0.4, -0.2) is 25.9 Å². The number of nitrogens with one attached hydrogen (secondary N) is 1. The van der Waals surface area contributed by atoms with E-state index in [0.29, 0.717) is 16.9 Å². The van der Waals surface area contributed by atoms with E-state index in [9.17, 15) is 4.79 Å². The zero-order valence-corrected chi connectivity index (χ0v) is 14.8. The zero-order valence-electron chi connectivity index (χ0n) is 14.1. The SMILES string of the molecule is O=C(Nc1ccccc1-n1cc(-c2ccccc2)nn1)c1cccnc1Cl. The van der Waals surface area contributed by atoms with Gasteiger partial charge in [-0.1, -0.05) is 59.3 Å². The number of benzene rings is 2. The first-order chi connectivity index (χ1) is 13.2. The second-order valence-electron chi connectivity index (χ2n) is 5.73. The van der Waals surface area contributed by atoms with Crippen LogP contribution >= 0.6 is 11.6 Å². The van der Waals surface area contributed by atoms with E-state index in [0.717, 1.165) is 11.3 Å². The number of hydrogen-bond donors (Lipinski definition) is 1. The number of halogens is 1. The molecule has 2 heterocycles. The molecule has 2 aromatic carbocycles. The Morgan fingerprint density at radius 3 is 2.56 bits per heavy atom. The standard InChI is InChI=1S/C20H14ClN5O/c21-19-15(9-6-12-22-19)20(27)23-16-10-4-5-11-18(16)26-13-17(24-25-26)14-7-2-1-3-8-14/h1-13H,(H,23,27). The van der Waals surface area contributed by atoms with Crippen LogP contribution in [0.25, 0.3) is 16.9 Å². The van der Waals surface area contributed by atoms with Crippen molar-refractivity contribution >= 4 is 23.2 Å². The number of hydrogen-bond acceptors (Lipinski definition) is 4. The highest BCUT2D eigenvalue weighted by Crippen LogP contribution is 2.23. The van der Waals surface area contributed by atoms with Gasteiger partial charge in [0.1, 0.15) is 10.8 Å². The highest BCUT2D eigenvalue weighted by atomic mass is 35.5. The van der Waals surface area contributed by atoms with E-state index in [1.165, 1.54) is 6.20 Å². The van der Waals surface area contributed by atoms with Gasteiger partial charge in [-0.2, -0.15) is 0 Å². The van der Waals surface area contributed by atoms with Gasteiger partial charge in [0.15, 0.2) is 0 Å². The van der Waals surface area contributed by atoms with Crippen LogP contribution in [0.3, 0.4) is 0 Å². The second-order valence-corrected chi connectivity index (χ2v) is 6.09. The van der Waals surface area contributed by atoms with Crippen molar-refractivity contribution in [3.8, 4) is 16.9 Å². The van der Waals surface area contributed by atoms with Gasteiger partial charge in [0.2, 0.25) is 0 Å². The summed E-state index contributed by atoms with van der Waals surface area (Å²) in [4.78, 5) is 16.5. The summed E-state index contributed by atoms with van der Waals surface area (Å²) in [6.07, 6.45) is 3.35. The molecule has 0 atom stereocenters. The molecule has 0 saturated heterocycles. The molecule has 0 saturated carbocycles. The fourth-order valence-corrected chi connectivity index (χ4v) is 2.85. The largest absolute Gasteiger partial charge is 0.320 e. The van der Waals surface area contributed by atoms with Crippen LogP contribution in [0, 0.1) is 0 Å². The lowest BCUT2D eigenvalue weighted by Crippen LogP contribution is -2.14. The molecular weight excluding hydrogens is 362 g/mol. The van der Waals surface area contributed by atoms with Crippen LogP contribution in [0.15, 0.2) is 79.1 Å². The van der Waals surface area contributed by atoms with Gasteiger partial charge < -0.3 is 5.32 Å². The normalized spacial score (nSPS) is 10.6. The monoisotopic (exact) mass is 375 g/mol. The number of pyridine rings is 1. The average Bonchev–Trinajstić information content (AvgIpc) is 3.19. The lowest BCUT2D eigenvalue weighted by molar-refractivity contribution is 0.102. The number of rotatable bonds is 4. The minimum atomic E-state index is -0.344. The van der Waals surface area contributed by atoms with Crippen molar-refractivity contribution in [1.82, 2.24) is 20.0 Å². The first kappa shape index (κ1) is 16.9. The van der Waals surface area contributed by atoms with Gasteiger partial charge in [0, 0.05) is 11.8 Å². The molecule has 0 radical (unpaired) electrons. The Hall–Kier alpha value is -3.51. The molecule has 6 nitrogen and oxygen atoms in total. The number of anilines is 1. The summed E-state index contributed by atoms with van der Waals surface area (Å²) in [5.74, 6) is -0.344. The maximum absolute atomic E-state index is 12.6. The summed E-state index contributed by atoms with van der Waals surface area (Å²) in [6.45, 7) is 0. The minimum Gasteiger partial charge on any atom is -0.320 e. The Kier molecular flexibility index (Phi) is 4.63. The van der Waals surface area contributed by atoms with Crippen LogP contribution in [-0.2, 0) is 0 Å². The molecule has 27 heavy (non-hydrogen) atoms. The summed E-state index contributed by atoms with van der Waals surface area (Å²) < 4.78 is 1.63. The van der Waals surface area contributed by atoms with Gasteiger partial charge in [-0.05, 0) is 24.3 Å². The molecule has 0 aliphatic rings. The highest BCUT2D eigenvalue weighted by Gasteiger charge is 2.14. The van der Waals surface area contributed by atoms with Gasteiger partial charge in [0.25, 0.3) is 5.91 Å². The van der Waals surface area contributed by atoms with Crippen molar-refractivity contribution in [2.45, 2.75) is 0 Å². The Balaban J connectivity index is 1.65. The third-order valence-corrected chi connectivity index (χ3v) is 4.27. The van der Waals surface area contributed by atoms with E-state index in [4.69, 9.17) is 11.6 Å². The van der Waals surface area contributed by atoms with Crippen molar-refractivity contribution < 1.29 is 4.79 Å².